The summed E-state index contributed by atoms with van der Waals surface area (Å²) in [7, 11) is 4.45. The van der Waals surface area contributed by atoms with Crippen molar-refractivity contribution in [1.29, 1.82) is 0 Å². The highest BCUT2D eigenvalue weighted by Gasteiger charge is 2.45. The quantitative estimate of drug-likeness (QED) is 0.0607. The van der Waals surface area contributed by atoms with Gasteiger partial charge in [-0.05, 0) is 67.8 Å². The number of hydrogen-bond acceptors (Lipinski definition) is 13. The van der Waals surface area contributed by atoms with E-state index in [1.807, 2.05) is 0 Å². The molecule has 8 rings (SSSR count). The van der Waals surface area contributed by atoms with Crippen molar-refractivity contribution in [2.24, 2.45) is 0 Å². The van der Waals surface area contributed by atoms with Crippen LogP contribution in [0.1, 0.15) is 68.0 Å². The number of anilines is 5. The summed E-state index contributed by atoms with van der Waals surface area (Å²) < 4.78 is 21.9. The Bertz CT molecular complexity index is 2910. The van der Waals surface area contributed by atoms with Gasteiger partial charge in [0.25, 0.3) is 23.6 Å². The molecule has 6 aromatic rings. The number of methoxy groups -OCH3 is 1. The summed E-state index contributed by atoms with van der Waals surface area (Å²) in [5.41, 5.74) is 2.11. The van der Waals surface area contributed by atoms with E-state index >= 15 is 0 Å². The molecule has 0 bridgehead atoms. The number of nitrogens with zero attached hydrogens (tertiary/aromatic N) is 5. The molecule has 3 aromatic heterocycles. The van der Waals surface area contributed by atoms with Crippen LogP contribution in [0.2, 0.25) is 0 Å². The highest BCUT2D eigenvalue weighted by atomic mass is 19.1. The number of rotatable bonds is 15. The van der Waals surface area contributed by atoms with Crippen molar-refractivity contribution in [2.45, 2.75) is 38.1 Å². The van der Waals surface area contributed by atoms with Gasteiger partial charge < -0.3 is 35.9 Å². The first kappa shape index (κ1) is 42.5. The smallest absolute Gasteiger partial charge is 0.264 e. The molecule has 0 spiro atoms. The molecule has 0 aliphatic carbocycles. The monoisotopic (exact) mass is 871 g/mol. The van der Waals surface area contributed by atoms with E-state index in [1.54, 1.807) is 61.9 Å². The minimum atomic E-state index is -1.07. The topological polar surface area (TPSA) is 242 Å². The first-order valence-electron chi connectivity index (χ1n) is 20.3. The summed E-state index contributed by atoms with van der Waals surface area (Å²) in [6, 6.07) is 14.9. The number of nitrogens with one attached hydrogen (secondary N) is 6. The van der Waals surface area contributed by atoms with Crippen molar-refractivity contribution in [3.8, 4) is 5.75 Å². The van der Waals surface area contributed by atoms with Crippen LogP contribution in [0.15, 0.2) is 73.1 Å². The third kappa shape index (κ3) is 8.15. The molecular weight excluding hydrogens is 830 g/mol. The second kappa shape index (κ2) is 17.7. The number of aromatic nitrogens is 4. The average Bonchev–Trinajstić information content (AvgIpc) is 3.99. The molecule has 1 unspecified atom stereocenters. The van der Waals surface area contributed by atoms with E-state index in [-0.39, 0.29) is 71.8 Å². The summed E-state index contributed by atoms with van der Waals surface area (Å²) in [6.45, 7) is 0.153. The summed E-state index contributed by atoms with van der Waals surface area (Å²) in [6.07, 6.45) is 4.47. The number of carbonyl (C=O) groups excluding carboxylic acids is 7. The van der Waals surface area contributed by atoms with Gasteiger partial charge in [-0.1, -0.05) is 12.1 Å². The SMILES string of the molecule is CNC(=O)c1c(F)cccc1Nc1nc(Nc2cc3c(ccn3C(=O)CN(C)C(=O)CCCCNc3cccc4c3C(=O)N(C3CCC(=O)NC3=O)C4=O)cc2OC)nc2[nH]ccc12. The number of hydrogen-bond donors (Lipinski definition) is 6. The molecular formula is C44H42FN11O8. The number of imide groups is 2. The number of likely N-dealkylation sites (N-methyl/N-ethyl adjacent to an activating group) is 1. The molecule has 0 radical (unpaired) electrons. The molecule has 1 atom stereocenters. The Morgan fingerprint density at radius 2 is 1.75 bits per heavy atom. The second-order valence-electron chi connectivity index (χ2n) is 15.1. The Balaban J connectivity index is 0.896. The molecule has 5 heterocycles. The summed E-state index contributed by atoms with van der Waals surface area (Å²) in [4.78, 5) is 105. The summed E-state index contributed by atoms with van der Waals surface area (Å²) >= 11 is 0. The molecule has 3 aromatic carbocycles. The Hall–Kier alpha value is -8.16. The molecule has 20 heteroatoms. The second-order valence-corrected chi connectivity index (χ2v) is 15.1. The third-order valence-electron chi connectivity index (χ3n) is 11.1. The minimum absolute atomic E-state index is 0.0197. The molecule has 6 N–H and O–H groups in total. The molecule has 1 fully saturated rings. The van der Waals surface area contributed by atoms with Gasteiger partial charge in [0.15, 0.2) is 0 Å². The Labute approximate surface area is 363 Å². The van der Waals surface area contributed by atoms with Gasteiger partial charge in [0.05, 0.1) is 46.1 Å². The van der Waals surface area contributed by atoms with Crippen molar-refractivity contribution in [3.05, 3.63) is 95.6 Å². The minimum Gasteiger partial charge on any atom is -0.495 e. The fraction of sp³-hybridized carbons (Fsp3) is 0.250. The predicted molar refractivity (Wildman–Crippen MR) is 232 cm³/mol. The van der Waals surface area contributed by atoms with E-state index < -0.39 is 41.4 Å². The fourth-order valence-corrected chi connectivity index (χ4v) is 7.81. The number of aromatic amines is 1. The van der Waals surface area contributed by atoms with Gasteiger partial charge >= 0.3 is 0 Å². The zero-order chi connectivity index (χ0) is 45.2. The van der Waals surface area contributed by atoms with E-state index in [1.165, 1.54) is 41.8 Å². The number of carbonyl (C=O) groups is 7. The van der Waals surface area contributed by atoms with Crippen LogP contribution in [0.5, 0.6) is 5.75 Å². The number of ether oxygens (including phenoxy) is 1. The molecule has 1 saturated heterocycles. The number of unbranched alkanes of at least 4 members (excludes halogenated alkanes) is 1. The van der Waals surface area contributed by atoms with Crippen LogP contribution in [-0.2, 0) is 14.4 Å². The zero-order valence-electron chi connectivity index (χ0n) is 34.8. The summed E-state index contributed by atoms with van der Waals surface area (Å²) in [5.74, 6) is -3.50. The number of benzene rings is 3. The van der Waals surface area contributed by atoms with Crippen molar-refractivity contribution in [1.82, 2.24) is 40.0 Å². The first-order chi connectivity index (χ1) is 30.9. The average molecular weight is 872 g/mol. The highest BCUT2D eigenvalue weighted by molar-refractivity contribution is 6.25. The van der Waals surface area contributed by atoms with E-state index in [0.29, 0.717) is 58.4 Å². The lowest BCUT2D eigenvalue weighted by Gasteiger charge is -2.27. The van der Waals surface area contributed by atoms with E-state index in [0.717, 1.165) is 4.90 Å². The van der Waals surface area contributed by atoms with Crippen LogP contribution in [0.3, 0.4) is 0 Å². The van der Waals surface area contributed by atoms with Crippen LogP contribution in [0.4, 0.5) is 33.2 Å². The Kier molecular flexibility index (Phi) is 11.7. The number of halogens is 1. The van der Waals surface area contributed by atoms with Gasteiger partial charge in [-0.2, -0.15) is 9.97 Å². The number of fused-ring (bicyclic) bond motifs is 3. The Morgan fingerprint density at radius 1 is 0.953 bits per heavy atom. The maximum atomic E-state index is 14.8. The van der Waals surface area contributed by atoms with Gasteiger partial charge in [-0.3, -0.25) is 48.3 Å². The van der Waals surface area contributed by atoms with Gasteiger partial charge in [0.2, 0.25) is 23.7 Å². The predicted octanol–water partition coefficient (Wildman–Crippen LogP) is 4.69. The van der Waals surface area contributed by atoms with Crippen LogP contribution in [0, 0.1) is 5.82 Å². The lowest BCUT2D eigenvalue weighted by Crippen LogP contribution is -2.54. The lowest BCUT2D eigenvalue weighted by atomic mass is 10.0. The number of amides is 6. The standard InChI is InChI=1S/C44H42FN11O8/c1-46-41(61)37-26(45)9-7-11-28(37)49-39-25-15-18-48-38(25)52-44(53-39)50-29-21-31-23(20-32(29)64-3)16-19-55(31)35(59)22-54(2)34(58)12-4-5-17-47-27-10-6-8-24-36(27)43(63)56(42(24)62)30-13-14-33(57)51-40(30)60/h6-11,15-16,18-21,30,47H,4-5,12-14,17,22H2,1-3H3,(H,46,61)(H,51,57,60)(H3,48,49,50,52,53). The first-order valence-corrected chi connectivity index (χ1v) is 20.3. The van der Waals surface area contributed by atoms with Crippen LogP contribution in [-0.4, -0.2) is 111 Å². The van der Waals surface area contributed by atoms with Crippen LogP contribution < -0.4 is 31.3 Å². The normalized spacial score (nSPS) is 14.7. The van der Waals surface area contributed by atoms with Crippen molar-refractivity contribution >= 4 is 92.1 Å². The van der Waals surface area contributed by atoms with Gasteiger partial charge in [0.1, 0.15) is 35.6 Å². The van der Waals surface area contributed by atoms with Gasteiger partial charge in [-0.15, -0.1) is 0 Å². The third-order valence-corrected chi connectivity index (χ3v) is 11.1. The highest BCUT2D eigenvalue weighted by Crippen LogP contribution is 2.35. The summed E-state index contributed by atoms with van der Waals surface area (Å²) in [5, 5.41) is 15.3. The van der Waals surface area contributed by atoms with E-state index in [2.05, 4.69) is 41.5 Å². The zero-order valence-corrected chi connectivity index (χ0v) is 34.8. The molecule has 6 amide bonds. The van der Waals surface area contributed by atoms with E-state index in [9.17, 15) is 38.0 Å². The molecule has 0 saturated carbocycles. The van der Waals surface area contributed by atoms with Gasteiger partial charge in [0, 0.05) is 56.9 Å². The van der Waals surface area contributed by atoms with Crippen LogP contribution >= 0.6 is 0 Å². The van der Waals surface area contributed by atoms with Crippen molar-refractivity contribution in [3.63, 3.8) is 0 Å². The molecule has 2 aliphatic heterocycles. The molecule has 19 nitrogen and oxygen atoms in total. The van der Waals surface area contributed by atoms with Crippen molar-refractivity contribution < 1.29 is 42.7 Å². The Morgan fingerprint density at radius 3 is 2.53 bits per heavy atom. The molecule has 328 valence electrons. The number of piperidine rings is 1. The number of H-pyrrole nitrogens is 1. The largest absolute Gasteiger partial charge is 0.495 e. The lowest BCUT2D eigenvalue weighted by molar-refractivity contribution is -0.136. The maximum absolute atomic E-state index is 14.8. The van der Waals surface area contributed by atoms with E-state index in [4.69, 9.17) is 4.74 Å². The van der Waals surface area contributed by atoms with Crippen LogP contribution in [0.25, 0.3) is 21.9 Å². The van der Waals surface area contributed by atoms with Crippen molar-refractivity contribution in [2.75, 3.05) is 50.2 Å². The molecule has 64 heavy (non-hydrogen) atoms. The van der Waals surface area contributed by atoms with Gasteiger partial charge in [-0.25, -0.2) is 4.39 Å². The maximum Gasteiger partial charge on any atom is 0.264 e. The molecule has 2 aliphatic rings. The fourth-order valence-electron chi connectivity index (χ4n) is 7.81.